The van der Waals surface area contributed by atoms with Crippen molar-refractivity contribution in [1.29, 1.82) is 5.26 Å². The maximum absolute atomic E-state index is 12.9. The summed E-state index contributed by atoms with van der Waals surface area (Å²) < 4.78 is 27.3. The molecule has 0 amide bonds. The molecule has 1 N–H and O–H groups in total. The van der Waals surface area contributed by atoms with Gasteiger partial charge in [-0.15, -0.1) is 0 Å². The van der Waals surface area contributed by atoms with Crippen molar-refractivity contribution in [3.8, 4) is 6.07 Å². The van der Waals surface area contributed by atoms with Gasteiger partial charge in [0, 0.05) is 32.0 Å². The van der Waals surface area contributed by atoms with E-state index in [9.17, 15) is 8.42 Å². The molecule has 0 unspecified atom stereocenters. The van der Waals surface area contributed by atoms with Crippen molar-refractivity contribution in [3.63, 3.8) is 0 Å². The number of H-pyrrole nitrogens is 1. The molecule has 1 atom stereocenters. The van der Waals surface area contributed by atoms with Gasteiger partial charge < -0.3 is 4.98 Å². The van der Waals surface area contributed by atoms with E-state index >= 15 is 0 Å². The number of aromatic nitrogens is 2. The zero-order valence-corrected chi connectivity index (χ0v) is 14.9. The summed E-state index contributed by atoms with van der Waals surface area (Å²) in [6, 6.07) is 8.72. The molecule has 1 aromatic carbocycles. The third kappa shape index (κ3) is 3.90. The summed E-state index contributed by atoms with van der Waals surface area (Å²) in [5, 5.41) is 8.98. The van der Waals surface area contributed by atoms with E-state index in [0.29, 0.717) is 30.8 Å². The Morgan fingerprint density at radius 3 is 2.92 bits per heavy atom. The van der Waals surface area contributed by atoms with Crippen molar-refractivity contribution in [1.82, 2.24) is 19.2 Å². The van der Waals surface area contributed by atoms with Crippen molar-refractivity contribution >= 4 is 10.0 Å². The van der Waals surface area contributed by atoms with E-state index < -0.39 is 10.0 Å². The Labute approximate surface area is 148 Å². The number of rotatable bonds is 5. The Kier molecular flexibility index (Phi) is 5.18. The molecule has 3 rings (SSSR count). The summed E-state index contributed by atoms with van der Waals surface area (Å²) in [6.45, 7) is 4.41. The Morgan fingerprint density at radius 2 is 2.24 bits per heavy atom. The van der Waals surface area contributed by atoms with Gasteiger partial charge in [0.05, 0.1) is 23.4 Å². The minimum absolute atomic E-state index is 0.0750. The minimum atomic E-state index is -3.46. The van der Waals surface area contributed by atoms with Crippen LogP contribution in [0.3, 0.4) is 0 Å². The normalized spacial score (nSPS) is 19.6. The molecule has 25 heavy (non-hydrogen) atoms. The highest BCUT2D eigenvalue weighted by Gasteiger charge is 2.34. The number of hydrogen-bond acceptors (Lipinski definition) is 5. The highest BCUT2D eigenvalue weighted by Crippen LogP contribution is 2.25. The SMILES string of the molecule is CCN1CCN(S(=O)(=O)Cc2cccc(C#N)c2)C[C@@H]1c1ncc[nH]1. The van der Waals surface area contributed by atoms with E-state index in [1.165, 1.54) is 4.31 Å². The number of likely N-dealkylation sites (N-methyl/N-ethyl adjacent to an activating group) is 1. The Bertz CT molecular complexity index is 857. The first-order valence-electron chi connectivity index (χ1n) is 8.23. The number of imidazole rings is 1. The average Bonchev–Trinajstić information content (AvgIpc) is 3.15. The van der Waals surface area contributed by atoms with Gasteiger partial charge in [0.25, 0.3) is 0 Å². The summed E-state index contributed by atoms with van der Waals surface area (Å²) in [5.41, 5.74) is 1.10. The summed E-state index contributed by atoms with van der Waals surface area (Å²) in [5.74, 6) is 0.688. The quantitative estimate of drug-likeness (QED) is 0.873. The Hall–Kier alpha value is -2.21. The van der Waals surface area contributed by atoms with Crippen molar-refractivity contribution in [2.45, 2.75) is 18.7 Å². The molecule has 0 radical (unpaired) electrons. The van der Waals surface area contributed by atoms with Gasteiger partial charge in [-0.1, -0.05) is 19.1 Å². The molecular weight excluding hydrogens is 338 g/mol. The van der Waals surface area contributed by atoms with E-state index in [0.717, 1.165) is 12.4 Å². The lowest BCUT2D eigenvalue weighted by atomic mass is 10.2. The van der Waals surface area contributed by atoms with Crippen LogP contribution in [-0.4, -0.2) is 53.8 Å². The summed E-state index contributed by atoms with van der Waals surface area (Å²) >= 11 is 0. The number of nitrogens with zero attached hydrogens (tertiary/aromatic N) is 4. The predicted octanol–water partition coefficient (Wildman–Crippen LogP) is 1.49. The van der Waals surface area contributed by atoms with Crippen molar-refractivity contribution in [2.75, 3.05) is 26.2 Å². The molecule has 1 fully saturated rings. The smallest absolute Gasteiger partial charge is 0.218 e. The molecule has 0 spiro atoms. The highest BCUT2D eigenvalue weighted by molar-refractivity contribution is 7.88. The van der Waals surface area contributed by atoms with Gasteiger partial charge >= 0.3 is 0 Å². The molecule has 1 aliphatic rings. The maximum atomic E-state index is 12.9. The number of aromatic amines is 1. The Balaban J connectivity index is 1.79. The van der Waals surface area contributed by atoms with Gasteiger partial charge in [0.15, 0.2) is 0 Å². The van der Waals surface area contributed by atoms with Crippen LogP contribution in [0.15, 0.2) is 36.7 Å². The van der Waals surface area contributed by atoms with E-state index in [1.807, 2.05) is 6.07 Å². The maximum Gasteiger partial charge on any atom is 0.218 e. The molecule has 2 heterocycles. The molecule has 0 bridgehead atoms. The van der Waals surface area contributed by atoms with Crippen LogP contribution in [0.25, 0.3) is 0 Å². The van der Waals surface area contributed by atoms with E-state index in [1.54, 1.807) is 36.7 Å². The molecule has 8 heteroatoms. The topological polar surface area (TPSA) is 93.1 Å². The first kappa shape index (κ1) is 17.6. The fraction of sp³-hybridized carbons (Fsp3) is 0.412. The molecular formula is C17H21N5O2S. The van der Waals surface area contributed by atoms with Gasteiger partial charge in [-0.2, -0.15) is 9.57 Å². The summed E-state index contributed by atoms with van der Waals surface area (Å²) in [7, 11) is -3.46. The van der Waals surface area contributed by atoms with Gasteiger partial charge in [-0.25, -0.2) is 13.4 Å². The second kappa shape index (κ2) is 7.35. The number of piperazine rings is 1. The largest absolute Gasteiger partial charge is 0.347 e. The molecule has 0 aliphatic carbocycles. The molecule has 132 valence electrons. The lowest BCUT2D eigenvalue weighted by molar-refractivity contribution is 0.119. The van der Waals surface area contributed by atoms with Gasteiger partial charge in [-0.05, 0) is 24.2 Å². The van der Waals surface area contributed by atoms with Gasteiger partial charge in [-0.3, -0.25) is 4.90 Å². The number of benzene rings is 1. The third-order valence-electron chi connectivity index (χ3n) is 4.49. The van der Waals surface area contributed by atoms with Crippen LogP contribution in [-0.2, 0) is 15.8 Å². The van der Waals surface area contributed by atoms with Gasteiger partial charge in [0.2, 0.25) is 10.0 Å². The van der Waals surface area contributed by atoms with E-state index in [2.05, 4.69) is 21.8 Å². The second-order valence-corrected chi connectivity index (χ2v) is 8.01. The standard InChI is InChI=1S/C17H21N5O2S/c1-2-21-8-9-22(12-16(21)17-19-6-7-20-17)25(23,24)13-15-5-3-4-14(10-15)11-18/h3-7,10,16H,2,8-9,12-13H2,1H3,(H,19,20)/t16-/m1/s1. The van der Waals surface area contributed by atoms with E-state index in [4.69, 9.17) is 5.26 Å². The first-order chi connectivity index (χ1) is 12.0. The number of hydrogen-bond donors (Lipinski definition) is 1. The predicted molar refractivity (Wildman–Crippen MR) is 93.9 cm³/mol. The van der Waals surface area contributed by atoms with Crippen LogP contribution >= 0.6 is 0 Å². The zero-order chi connectivity index (χ0) is 17.9. The molecule has 7 nitrogen and oxygen atoms in total. The fourth-order valence-corrected chi connectivity index (χ4v) is 4.69. The minimum Gasteiger partial charge on any atom is -0.347 e. The molecule has 1 saturated heterocycles. The van der Waals surface area contributed by atoms with E-state index in [-0.39, 0.29) is 11.8 Å². The molecule has 1 aliphatic heterocycles. The molecule has 0 saturated carbocycles. The van der Waals surface area contributed by atoms with Crippen LogP contribution in [0.5, 0.6) is 0 Å². The van der Waals surface area contributed by atoms with Crippen LogP contribution in [0.2, 0.25) is 0 Å². The molecule has 2 aromatic rings. The van der Waals surface area contributed by atoms with Crippen LogP contribution < -0.4 is 0 Å². The van der Waals surface area contributed by atoms with Gasteiger partial charge in [0.1, 0.15) is 5.82 Å². The summed E-state index contributed by atoms with van der Waals surface area (Å²) in [6.07, 6.45) is 3.44. The van der Waals surface area contributed by atoms with Crippen LogP contribution in [0, 0.1) is 11.3 Å². The number of nitrogens with one attached hydrogen (secondary N) is 1. The fourth-order valence-electron chi connectivity index (χ4n) is 3.18. The van der Waals surface area contributed by atoms with Crippen LogP contribution in [0.4, 0.5) is 0 Å². The second-order valence-electron chi connectivity index (χ2n) is 6.05. The van der Waals surface area contributed by atoms with Crippen molar-refractivity contribution in [3.05, 3.63) is 53.6 Å². The number of sulfonamides is 1. The number of nitriles is 1. The molecule has 1 aromatic heterocycles. The lowest BCUT2D eigenvalue weighted by Gasteiger charge is -2.39. The zero-order valence-electron chi connectivity index (χ0n) is 14.1. The van der Waals surface area contributed by atoms with Crippen LogP contribution in [0.1, 0.15) is 29.9 Å². The summed E-state index contributed by atoms with van der Waals surface area (Å²) in [4.78, 5) is 9.63. The average molecular weight is 359 g/mol. The van der Waals surface area contributed by atoms with Crippen molar-refractivity contribution < 1.29 is 8.42 Å². The Morgan fingerprint density at radius 1 is 1.40 bits per heavy atom. The monoisotopic (exact) mass is 359 g/mol. The highest BCUT2D eigenvalue weighted by atomic mass is 32.2. The third-order valence-corrected chi connectivity index (χ3v) is 6.31. The first-order valence-corrected chi connectivity index (χ1v) is 9.84. The van der Waals surface area contributed by atoms with Crippen molar-refractivity contribution in [2.24, 2.45) is 0 Å². The lowest BCUT2D eigenvalue weighted by Crippen LogP contribution is -2.50.